The zero-order chi connectivity index (χ0) is 13.2. The van der Waals surface area contributed by atoms with Gasteiger partial charge in [0.2, 0.25) is 0 Å². The van der Waals surface area contributed by atoms with Gasteiger partial charge in [-0.25, -0.2) is 4.98 Å². The van der Waals surface area contributed by atoms with Crippen molar-refractivity contribution in [2.24, 2.45) is 0 Å². The van der Waals surface area contributed by atoms with E-state index in [0.717, 1.165) is 31.7 Å². The number of aryl methyl sites for hydroxylation is 1. The summed E-state index contributed by atoms with van der Waals surface area (Å²) in [4.78, 5) is 18.6. The molecule has 0 amide bonds. The minimum atomic E-state index is -0.106. The van der Waals surface area contributed by atoms with E-state index in [2.05, 4.69) is 29.1 Å². The van der Waals surface area contributed by atoms with E-state index in [0.29, 0.717) is 11.9 Å². The average Bonchev–Trinajstić information content (AvgIpc) is 2.26. The Kier molecular flexibility index (Phi) is 3.71. The Morgan fingerprint density at radius 1 is 1.61 bits per heavy atom. The van der Waals surface area contributed by atoms with E-state index >= 15 is 0 Å². The van der Waals surface area contributed by atoms with Crippen LogP contribution in [0, 0.1) is 0 Å². The molecule has 5 nitrogen and oxygen atoms in total. The summed E-state index contributed by atoms with van der Waals surface area (Å²) in [5.74, 6) is 1.38. The number of hydrogen-bond acceptors (Lipinski definition) is 4. The molecule has 2 rings (SSSR count). The first-order valence-corrected chi connectivity index (χ1v) is 6.49. The largest absolute Gasteiger partial charge is 0.375 e. The van der Waals surface area contributed by atoms with Crippen LogP contribution >= 0.6 is 0 Å². The molecule has 100 valence electrons. The number of H-pyrrole nitrogens is 1. The van der Waals surface area contributed by atoms with Gasteiger partial charge in [-0.15, -0.1) is 0 Å². The van der Waals surface area contributed by atoms with Gasteiger partial charge in [0.25, 0.3) is 5.56 Å². The maximum atomic E-state index is 11.5. The van der Waals surface area contributed by atoms with Crippen molar-refractivity contribution in [1.29, 1.82) is 0 Å². The second-order valence-electron chi connectivity index (χ2n) is 5.37. The van der Waals surface area contributed by atoms with Gasteiger partial charge in [-0.1, -0.05) is 6.92 Å². The van der Waals surface area contributed by atoms with Crippen molar-refractivity contribution in [3.8, 4) is 0 Å². The predicted molar refractivity (Wildman–Crippen MR) is 70.9 cm³/mol. The minimum Gasteiger partial charge on any atom is -0.375 e. The van der Waals surface area contributed by atoms with Gasteiger partial charge < -0.3 is 15.0 Å². The van der Waals surface area contributed by atoms with Gasteiger partial charge >= 0.3 is 0 Å². The molecule has 18 heavy (non-hydrogen) atoms. The Bertz CT molecular complexity index is 468. The summed E-state index contributed by atoms with van der Waals surface area (Å²) in [6.45, 7) is 6.89. The van der Waals surface area contributed by atoms with Crippen molar-refractivity contribution in [1.82, 2.24) is 9.97 Å². The molecule has 0 saturated carbocycles. The van der Waals surface area contributed by atoms with Crippen molar-refractivity contribution in [3.63, 3.8) is 0 Å². The van der Waals surface area contributed by atoms with Crippen LogP contribution in [0.5, 0.6) is 0 Å². The van der Waals surface area contributed by atoms with Crippen molar-refractivity contribution in [2.75, 3.05) is 11.9 Å². The number of nitrogens with zero attached hydrogens (tertiary/aromatic N) is 1. The molecule has 1 aromatic heterocycles. The SMILES string of the molecule is CCc1nc(NC2CCOC(C)(C)C2)cc(=O)[nH]1. The summed E-state index contributed by atoms with van der Waals surface area (Å²) in [6.07, 6.45) is 2.59. The summed E-state index contributed by atoms with van der Waals surface area (Å²) < 4.78 is 5.67. The van der Waals surface area contributed by atoms with Crippen molar-refractivity contribution >= 4 is 5.82 Å². The number of ether oxygens (including phenoxy) is 1. The first-order chi connectivity index (χ1) is 8.48. The molecule has 0 spiro atoms. The number of aromatic amines is 1. The molecule has 0 aromatic carbocycles. The molecule has 1 atom stereocenters. The monoisotopic (exact) mass is 251 g/mol. The Labute approximate surface area is 107 Å². The zero-order valence-corrected chi connectivity index (χ0v) is 11.2. The Morgan fingerprint density at radius 2 is 2.39 bits per heavy atom. The molecule has 2 N–H and O–H groups in total. The zero-order valence-electron chi connectivity index (χ0n) is 11.2. The quantitative estimate of drug-likeness (QED) is 0.858. The molecule has 1 aliphatic rings. The lowest BCUT2D eigenvalue weighted by Gasteiger charge is -2.36. The van der Waals surface area contributed by atoms with Crippen LogP contribution in [0.1, 0.15) is 39.4 Å². The van der Waals surface area contributed by atoms with E-state index in [1.165, 1.54) is 6.07 Å². The molecule has 5 heteroatoms. The number of nitrogens with one attached hydrogen (secondary N) is 2. The van der Waals surface area contributed by atoms with Gasteiger partial charge in [0.1, 0.15) is 11.6 Å². The molecular weight excluding hydrogens is 230 g/mol. The lowest BCUT2D eigenvalue weighted by atomic mass is 9.94. The van der Waals surface area contributed by atoms with E-state index in [1.807, 2.05) is 6.92 Å². The van der Waals surface area contributed by atoms with Crippen LogP contribution in [-0.4, -0.2) is 28.2 Å². The third kappa shape index (κ3) is 3.32. The highest BCUT2D eigenvalue weighted by Crippen LogP contribution is 2.25. The fourth-order valence-corrected chi connectivity index (χ4v) is 2.31. The van der Waals surface area contributed by atoms with Crippen molar-refractivity contribution < 1.29 is 4.74 Å². The highest BCUT2D eigenvalue weighted by atomic mass is 16.5. The third-order valence-electron chi connectivity index (χ3n) is 3.17. The molecular formula is C13H21N3O2. The van der Waals surface area contributed by atoms with Crippen LogP contribution in [0.3, 0.4) is 0 Å². The van der Waals surface area contributed by atoms with E-state index in [9.17, 15) is 4.79 Å². The fraction of sp³-hybridized carbons (Fsp3) is 0.692. The predicted octanol–water partition coefficient (Wildman–Crippen LogP) is 1.70. The number of rotatable bonds is 3. The number of aromatic nitrogens is 2. The summed E-state index contributed by atoms with van der Waals surface area (Å²) in [5, 5.41) is 3.34. The second kappa shape index (κ2) is 5.10. The van der Waals surface area contributed by atoms with Crippen molar-refractivity contribution in [3.05, 3.63) is 22.2 Å². The molecule has 1 aliphatic heterocycles. The van der Waals surface area contributed by atoms with E-state index < -0.39 is 0 Å². The first kappa shape index (κ1) is 13.1. The number of anilines is 1. The van der Waals surface area contributed by atoms with Gasteiger partial charge in [-0.3, -0.25) is 4.79 Å². The van der Waals surface area contributed by atoms with Gasteiger partial charge in [0, 0.05) is 25.1 Å². The summed E-state index contributed by atoms with van der Waals surface area (Å²) in [5.41, 5.74) is -0.208. The number of hydrogen-bond donors (Lipinski definition) is 2. The molecule has 2 heterocycles. The van der Waals surface area contributed by atoms with Crippen LogP contribution in [0.4, 0.5) is 5.82 Å². The topological polar surface area (TPSA) is 67.0 Å². The van der Waals surface area contributed by atoms with Crippen molar-refractivity contribution in [2.45, 2.75) is 51.7 Å². The molecule has 0 bridgehead atoms. The van der Waals surface area contributed by atoms with Crippen LogP contribution in [-0.2, 0) is 11.2 Å². The standard InChI is InChI=1S/C13H21N3O2/c1-4-10-15-11(7-12(17)16-10)14-9-5-6-18-13(2,3)8-9/h7,9H,4-6,8H2,1-3H3,(H2,14,15,16,17). The molecule has 0 radical (unpaired) electrons. The molecule has 1 saturated heterocycles. The summed E-state index contributed by atoms with van der Waals surface area (Å²) in [7, 11) is 0. The lowest BCUT2D eigenvalue weighted by Crippen LogP contribution is -2.40. The normalized spacial score (nSPS) is 22.7. The van der Waals surface area contributed by atoms with Gasteiger partial charge in [-0.05, 0) is 26.7 Å². The first-order valence-electron chi connectivity index (χ1n) is 6.49. The second-order valence-corrected chi connectivity index (χ2v) is 5.37. The molecule has 1 aromatic rings. The highest BCUT2D eigenvalue weighted by Gasteiger charge is 2.28. The lowest BCUT2D eigenvalue weighted by molar-refractivity contribution is -0.0553. The fourth-order valence-electron chi connectivity index (χ4n) is 2.31. The van der Waals surface area contributed by atoms with Gasteiger partial charge in [0.15, 0.2) is 0 Å². The van der Waals surface area contributed by atoms with Crippen LogP contribution < -0.4 is 10.9 Å². The van der Waals surface area contributed by atoms with Gasteiger partial charge in [-0.2, -0.15) is 0 Å². The van der Waals surface area contributed by atoms with Crippen LogP contribution in [0.25, 0.3) is 0 Å². The maximum absolute atomic E-state index is 11.5. The Balaban J connectivity index is 2.09. The Hall–Kier alpha value is -1.36. The Morgan fingerprint density at radius 3 is 3.06 bits per heavy atom. The van der Waals surface area contributed by atoms with E-state index in [-0.39, 0.29) is 11.2 Å². The average molecular weight is 251 g/mol. The van der Waals surface area contributed by atoms with E-state index in [4.69, 9.17) is 4.74 Å². The highest BCUT2D eigenvalue weighted by molar-refractivity contribution is 5.34. The molecule has 1 fully saturated rings. The summed E-state index contributed by atoms with van der Waals surface area (Å²) >= 11 is 0. The third-order valence-corrected chi connectivity index (χ3v) is 3.17. The molecule has 1 unspecified atom stereocenters. The van der Waals surface area contributed by atoms with Crippen LogP contribution in [0.2, 0.25) is 0 Å². The van der Waals surface area contributed by atoms with Crippen LogP contribution in [0.15, 0.2) is 10.9 Å². The van der Waals surface area contributed by atoms with E-state index in [1.54, 1.807) is 0 Å². The minimum absolute atomic E-state index is 0.101. The summed E-state index contributed by atoms with van der Waals surface area (Å²) in [6, 6.07) is 1.83. The smallest absolute Gasteiger partial charge is 0.252 e. The van der Waals surface area contributed by atoms with Gasteiger partial charge in [0.05, 0.1) is 5.60 Å². The molecule has 0 aliphatic carbocycles. The maximum Gasteiger partial charge on any atom is 0.252 e.